The van der Waals surface area contributed by atoms with Crippen LogP contribution >= 0.6 is 11.6 Å². The molecule has 8 heteroatoms. The van der Waals surface area contributed by atoms with Gasteiger partial charge < -0.3 is 10.1 Å². The number of nitrogens with one attached hydrogen (secondary N) is 1. The quantitative estimate of drug-likeness (QED) is 0.606. The summed E-state index contributed by atoms with van der Waals surface area (Å²) in [4.78, 5) is 25.0. The number of carbonyl (C=O) groups is 1. The lowest BCUT2D eigenvalue weighted by Crippen LogP contribution is -2.41. The summed E-state index contributed by atoms with van der Waals surface area (Å²) < 4.78 is 5.08. The predicted octanol–water partition coefficient (Wildman–Crippen LogP) is 2.09. The van der Waals surface area contributed by atoms with Crippen molar-refractivity contribution < 1.29 is 14.5 Å². The normalized spacial score (nSPS) is 18.1. The Morgan fingerprint density at radius 2 is 2.35 bits per heavy atom. The lowest BCUT2D eigenvalue weighted by Gasteiger charge is -2.24. The zero-order valence-electron chi connectivity index (χ0n) is 13.0. The average molecular weight is 342 g/mol. The Balaban J connectivity index is 1.99. The molecule has 126 valence electrons. The van der Waals surface area contributed by atoms with E-state index in [1.165, 1.54) is 18.2 Å². The largest absolute Gasteiger partial charge is 0.383 e. The van der Waals surface area contributed by atoms with Crippen molar-refractivity contribution in [1.29, 1.82) is 0 Å². The molecule has 0 aliphatic carbocycles. The van der Waals surface area contributed by atoms with Gasteiger partial charge >= 0.3 is 0 Å². The van der Waals surface area contributed by atoms with Crippen LogP contribution in [-0.4, -0.2) is 55.1 Å². The number of carbonyl (C=O) groups excluding carboxylic acids is 1. The molecular weight excluding hydrogens is 322 g/mol. The summed E-state index contributed by atoms with van der Waals surface area (Å²) in [6.45, 7) is 2.88. The molecule has 1 saturated heterocycles. The Morgan fingerprint density at radius 3 is 3.04 bits per heavy atom. The fourth-order valence-corrected chi connectivity index (χ4v) is 2.96. The van der Waals surface area contributed by atoms with Gasteiger partial charge in [0.25, 0.3) is 11.6 Å². The van der Waals surface area contributed by atoms with Gasteiger partial charge in [0.05, 0.1) is 11.5 Å². The maximum absolute atomic E-state index is 12.3. The lowest BCUT2D eigenvalue weighted by atomic mass is 10.1. The van der Waals surface area contributed by atoms with Crippen molar-refractivity contribution in [2.45, 2.75) is 18.9 Å². The molecule has 1 amide bonds. The van der Waals surface area contributed by atoms with Crippen LogP contribution in [0.5, 0.6) is 0 Å². The number of nitrogens with zero attached hydrogens (tertiary/aromatic N) is 2. The summed E-state index contributed by atoms with van der Waals surface area (Å²) in [7, 11) is 1.66. The number of ether oxygens (including phenoxy) is 1. The van der Waals surface area contributed by atoms with Crippen LogP contribution in [0.4, 0.5) is 5.69 Å². The van der Waals surface area contributed by atoms with Gasteiger partial charge in [-0.25, -0.2) is 0 Å². The summed E-state index contributed by atoms with van der Waals surface area (Å²) in [5.74, 6) is -0.474. The third-order valence-electron chi connectivity index (χ3n) is 3.98. The van der Waals surface area contributed by atoms with Crippen molar-refractivity contribution in [3.8, 4) is 0 Å². The van der Waals surface area contributed by atoms with Crippen LogP contribution in [0.1, 0.15) is 23.2 Å². The SMILES string of the molecule is COCCN1CCCC1CNC(=O)c1cc(Cl)ccc1[N+](=O)[O-]. The highest BCUT2D eigenvalue weighted by Crippen LogP contribution is 2.23. The lowest BCUT2D eigenvalue weighted by molar-refractivity contribution is -0.385. The zero-order chi connectivity index (χ0) is 16.8. The minimum absolute atomic E-state index is 0.0102. The molecule has 1 aliphatic rings. The molecule has 1 aromatic carbocycles. The van der Waals surface area contributed by atoms with E-state index in [4.69, 9.17) is 16.3 Å². The Kier molecular flexibility index (Phi) is 6.32. The van der Waals surface area contributed by atoms with Gasteiger partial charge in [-0.2, -0.15) is 0 Å². The summed E-state index contributed by atoms with van der Waals surface area (Å²) in [6.07, 6.45) is 2.06. The van der Waals surface area contributed by atoms with E-state index in [0.717, 1.165) is 25.9 Å². The minimum Gasteiger partial charge on any atom is -0.383 e. The molecule has 23 heavy (non-hydrogen) atoms. The molecule has 7 nitrogen and oxygen atoms in total. The van der Waals surface area contributed by atoms with Crippen molar-refractivity contribution in [2.24, 2.45) is 0 Å². The number of methoxy groups -OCH3 is 1. The number of nitro benzene ring substituents is 1. The Hall–Kier alpha value is -1.70. The highest BCUT2D eigenvalue weighted by atomic mass is 35.5. The molecule has 1 unspecified atom stereocenters. The molecule has 2 rings (SSSR count). The van der Waals surface area contributed by atoms with E-state index in [1.54, 1.807) is 7.11 Å². The van der Waals surface area contributed by atoms with E-state index in [0.29, 0.717) is 18.2 Å². The molecule has 1 aliphatic heterocycles. The number of amides is 1. The van der Waals surface area contributed by atoms with Crippen LogP contribution in [0, 0.1) is 10.1 Å². The molecule has 0 saturated carbocycles. The topological polar surface area (TPSA) is 84.7 Å². The molecule has 1 fully saturated rings. The smallest absolute Gasteiger partial charge is 0.282 e. The van der Waals surface area contributed by atoms with Crippen molar-refractivity contribution in [1.82, 2.24) is 10.2 Å². The van der Waals surface area contributed by atoms with Gasteiger partial charge in [-0.05, 0) is 31.5 Å². The minimum atomic E-state index is -0.578. The third kappa shape index (κ3) is 4.63. The molecule has 0 bridgehead atoms. The van der Waals surface area contributed by atoms with Gasteiger partial charge in [-0.3, -0.25) is 19.8 Å². The molecule has 0 aromatic heterocycles. The number of likely N-dealkylation sites (tertiary alicyclic amines) is 1. The number of benzene rings is 1. The first-order valence-electron chi connectivity index (χ1n) is 7.48. The fourth-order valence-electron chi connectivity index (χ4n) is 2.78. The average Bonchev–Trinajstić information content (AvgIpc) is 2.97. The fraction of sp³-hybridized carbons (Fsp3) is 0.533. The Bertz CT molecular complexity index is 582. The first-order valence-corrected chi connectivity index (χ1v) is 7.86. The Morgan fingerprint density at radius 1 is 1.57 bits per heavy atom. The maximum atomic E-state index is 12.3. The van der Waals surface area contributed by atoms with Crippen LogP contribution in [0.2, 0.25) is 5.02 Å². The van der Waals surface area contributed by atoms with Crippen LogP contribution in [0.25, 0.3) is 0 Å². The van der Waals surface area contributed by atoms with Crippen LogP contribution < -0.4 is 5.32 Å². The molecule has 1 N–H and O–H groups in total. The van der Waals surface area contributed by atoms with E-state index in [-0.39, 0.29) is 17.3 Å². The Labute approximate surface area is 139 Å². The second-order valence-corrected chi connectivity index (χ2v) is 5.89. The van der Waals surface area contributed by atoms with E-state index in [2.05, 4.69) is 10.2 Å². The summed E-state index contributed by atoms with van der Waals surface area (Å²) in [6, 6.07) is 4.21. The number of hydrogen-bond acceptors (Lipinski definition) is 5. The molecule has 0 spiro atoms. The van der Waals surface area contributed by atoms with Gasteiger partial charge in [0.2, 0.25) is 0 Å². The van der Waals surface area contributed by atoms with Gasteiger partial charge in [-0.15, -0.1) is 0 Å². The summed E-state index contributed by atoms with van der Waals surface area (Å²) >= 11 is 5.85. The number of rotatable bonds is 7. The van der Waals surface area contributed by atoms with Crippen LogP contribution in [0.15, 0.2) is 18.2 Å². The van der Waals surface area contributed by atoms with E-state index >= 15 is 0 Å². The molecular formula is C15H20ClN3O4. The van der Waals surface area contributed by atoms with Crippen molar-refractivity contribution in [2.75, 3.05) is 33.4 Å². The van der Waals surface area contributed by atoms with Gasteiger partial charge in [0.15, 0.2) is 0 Å². The first-order chi connectivity index (χ1) is 11.0. The van der Waals surface area contributed by atoms with Crippen LogP contribution in [-0.2, 0) is 4.74 Å². The third-order valence-corrected chi connectivity index (χ3v) is 4.21. The number of halogens is 1. The van der Waals surface area contributed by atoms with Gasteiger partial charge in [0, 0.05) is 37.3 Å². The van der Waals surface area contributed by atoms with E-state index in [1.807, 2.05) is 0 Å². The summed E-state index contributed by atoms with van der Waals surface area (Å²) in [5.41, 5.74) is -0.251. The molecule has 0 radical (unpaired) electrons. The molecule has 1 aromatic rings. The van der Waals surface area contributed by atoms with Gasteiger partial charge in [0.1, 0.15) is 5.56 Å². The van der Waals surface area contributed by atoms with Gasteiger partial charge in [-0.1, -0.05) is 11.6 Å². The summed E-state index contributed by atoms with van der Waals surface area (Å²) in [5, 5.41) is 14.1. The second-order valence-electron chi connectivity index (χ2n) is 5.45. The first kappa shape index (κ1) is 17.7. The maximum Gasteiger partial charge on any atom is 0.282 e. The van der Waals surface area contributed by atoms with Crippen molar-refractivity contribution in [3.05, 3.63) is 38.9 Å². The second kappa shape index (κ2) is 8.24. The van der Waals surface area contributed by atoms with E-state index < -0.39 is 10.8 Å². The number of hydrogen-bond donors (Lipinski definition) is 1. The molecule has 1 heterocycles. The van der Waals surface area contributed by atoms with Crippen LogP contribution in [0.3, 0.4) is 0 Å². The highest BCUT2D eigenvalue weighted by Gasteiger charge is 2.26. The number of nitro groups is 1. The molecule has 1 atom stereocenters. The van der Waals surface area contributed by atoms with E-state index in [9.17, 15) is 14.9 Å². The standard InChI is InChI=1S/C15H20ClN3O4/c1-23-8-7-18-6-2-3-12(18)10-17-15(20)13-9-11(16)4-5-14(13)19(21)22/h4-5,9,12H,2-3,6-8,10H2,1H3,(H,17,20). The predicted molar refractivity (Wildman–Crippen MR) is 86.9 cm³/mol. The highest BCUT2D eigenvalue weighted by molar-refractivity contribution is 6.31. The monoisotopic (exact) mass is 341 g/mol. The van der Waals surface area contributed by atoms with Crippen molar-refractivity contribution in [3.63, 3.8) is 0 Å². The van der Waals surface area contributed by atoms with Crippen molar-refractivity contribution >= 4 is 23.2 Å². The zero-order valence-corrected chi connectivity index (χ0v) is 13.7.